The largest absolute Gasteiger partial charge is 0.480 e. The highest BCUT2D eigenvalue weighted by Crippen LogP contribution is 2.38. The van der Waals surface area contributed by atoms with Gasteiger partial charge in [0.05, 0.1) is 22.8 Å². The molecular formula is C48H35N5O4. The Kier molecular flexibility index (Phi) is 9.39. The van der Waals surface area contributed by atoms with Crippen LogP contribution in [0, 0.1) is 0 Å². The van der Waals surface area contributed by atoms with Crippen LogP contribution in [0.3, 0.4) is 0 Å². The van der Waals surface area contributed by atoms with Crippen molar-refractivity contribution in [2.45, 2.75) is 0 Å². The number of aliphatic carboxylic acids is 1. The van der Waals surface area contributed by atoms with Crippen molar-refractivity contribution in [2.24, 2.45) is 0 Å². The molecule has 0 spiro atoms. The van der Waals surface area contributed by atoms with E-state index in [9.17, 15) is 9.59 Å². The van der Waals surface area contributed by atoms with Crippen LogP contribution < -0.4 is 5.32 Å². The average molecular weight is 746 g/mol. The topological polar surface area (TPSA) is 133 Å². The molecule has 8 bridgehead atoms. The first-order valence-electron chi connectivity index (χ1n) is 18.5. The van der Waals surface area contributed by atoms with Gasteiger partial charge in [-0.1, -0.05) is 103 Å². The molecule has 0 atom stereocenters. The number of fused-ring (bicyclic) bond motifs is 8. The smallest absolute Gasteiger partial charge is 0.329 e. The number of nitrogens with one attached hydrogen (secondary N) is 3. The number of H-pyrrole nitrogens is 2. The van der Waals surface area contributed by atoms with E-state index in [4.69, 9.17) is 19.8 Å². The van der Waals surface area contributed by atoms with Gasteiger partial charge in [0.15, 0.2) is 0 Å². The molecule has 3 aromatic heterocycles. The second-order valence-electron chi connectivity index (χ2n) is 13.6. The van der Waals surface area contributed by atoms with E-state index in [1.807, 2.05) is 78.9 Å². The third kappa shape index (κ3) is 7.18. The summed E-state index contributed by atoms with van der Waals surface area (Å²) in [5, 5.41) is 11.6. The first-order valence-corrected chi connectivity index (χ1v) is 18.5. The summed E-state index contributed by atoms with van der Waals surface area (Å²) in [6.45, 7) is -0.924. The number of rotatable bonds is 9. The van der Waals surface area contributed by atoms with E-state index in [0.717, 1.165) is 89.4 Å². The van der Waals surface area contributed by atoms with E-state index in [1.54, 1.807) is 12.1 Å². The predicted molar refractivity (Wildman–Crippen MR) is 228 cm³/mol. The number of hydrogen-bond donors (Lipinski definition) is 4. The van der Waals surface area contributed by atoms with Crippen molar-refractivity contribution in [2.75, 3.05) is 18.5 Å². The van der Waals surface area contributed by atoms with E-state index in [-0.39, 0.29) is 6.61 Å². The van der Waals surface area contributed by atoms with Gasteiger partial charge < -0.3 is 25.1 Å². The lowest BCUT2D eigenvalue weighted by Crippen LogP contribution is -2.20. The van der Waals surface area contributed by atoms with Gasteiger partial charge in [-0.25, -0.2) is 14.8 Å². The number of aromatic nitrogens is 4. The molecule has 57 heavy (non-hydrogen) atoms. The van der Waals surface area contributed by atoms with Gasteiger partial charge in [0, 0.05) is 50.0 Å². The van der Waals surface area contributed by atoms with Crippen LogP contribution in [0.4, 0.5) is 5.69 Å². The molecule has 2 aliphatic rings. The van der Waals surface area contributed by atoms with Gasteiger partial charge in [-0.2, -0.15) is 0 Å². The van der Waals surface area contributed by atoms with Crippen molar-refractivity contribution in [1.82, 2.24) is 19.9 Å². The standard InChI is InChI=1S/C48H35N5O4/c54-43(28-57-29-44(55)56)49-34-18-16-33(17-19-34)48-41-26-24-39(52-41)46(31-12-6-2-7-13-31)37-22-20-35(50-37)45(30-10-4-1-5-11-30)36-21-23-38(51-36)47(32-14-8-3-9-15-32)40-25-27-42(48)53-40/h1-27,50-51H,28-29H2,(H,49,54)(H,55,56). The number of carboxylic acid groups (broad SMARTS) is 1. The summed E-state index contributed by atoms with van der Waals surface area (Å²) in [6, 6.07) is 46.9. The number of amides is 1. The summed E-state index contributed by atoms with van der Waals surface area (Å²) in [7, 11) is 0. The van der Waals surface area contributed by atoms with Gasteiger partial charge in [-0.3, -0.25) is 4.79 Å². The number of carbonyl (C=O) groups excluding carboxylic acids is 1. The Morgan fingerprint density at radius 1 is 0.474 bits per heavy atom. The summed E-state index contributed by atoms with van der Waals surface area (Å²) < 4.78 is 4.96. The van der Waals surface area contributed by atoms with Crippen molar-refractivity contribution in [3.63, 3.8) is 0 Å². The Labute approximate surface area is 327 Å². The molecule has 4 aromatic carbocycles. The minimum absolute atomic E-state index is 0.372. The molecule has 4 N–H and O–H groups in total. The molecular weight excluding hydrogens is 711 g/mol. The Morgan fingerprint density at radius 3 is 1.30 bits per heavy atom. The highest BCUT2D eigenvalue weighted by molar-refractivity contribution is 6.00. The van der Waals surface area contributed by atoms with E-state index in [2.05, 4.69) is 88.1 Å². The van der Waals surface area contributed by atoms with Crippen LogP contribution in [0.1, 0.15) is 22.8 Å². The Morgan fingerprint density at radius 2 is 0.860 bits per heavy atom. The molecule has 7 aromatic rings. The average Bonchev–Trinajstić information content (AvgIpc) is 4.08. The first-order chi connectivity index (χ1) is 28.0. The fourth-order valence-corrected chi connectivity index (χ4v) is 7.38. The van der Waals surface area contributed by atoms with Gasteiger partial charge in [-0.15, -0.1) is 0 Å². The number of aromatic amines is 2. The Balaban J connectivity index is 1.32. The predicted octanol–water partition coefficient (Wildman–Crippen LogP) is 10.4. The van der Waals surface area contributed by atoms with Crippen molar-refractivity contribution in [1.29, 1.82) is 0 Å². The van der Waals surface area contributed by atoms with Crippen molar-refractivity contribution >= 4 is 63.9 Å². The lowest BCUT2D eigenvalue weighted by Gasteiger charge is -2.09. The maximum Gasteiger partial charge on any atom is 0.329 e. The molecule has 0 unspecified atom stereocenters. The highest BCUT2D eigenvalue weighted by Gasteiger charge is 2.19. The van der Waals surface area contributed by atoms with Crippen molar-refractivity contribution in [3.8, 4) is 44.5 Å². The molecule has 0 saturated carbocycles. The monoisotopic (exact) mass is 745 g/mol. The fourth-order valence-electron chi connectivity index (χ4n) is 7.38. The van der Waals surface area contributed by atoms with Crippen LogP contribution in [0.2, 0.25) is 0 Å². The number of ether oxygens (including phenoxy) is 1. The molecule has 0 fully saturated rings. The lowest BCUT2D eigenvalue weighted by molar-refractivity contribution is -0.143. The molecule has 9 nitrogen and oxygen atoms in total. The normalized spacial score (nSPS) is 11.8. The summed E-state index contributed by atoms with van der Waals surface area (Å²) in [5.41, 5.74) is 15.1. The zero-order valence-electron chi connectivity index (χ0n) is 30.6. The second kappa shape index (κ2) is 15.3. The van der Waals surface area contributed by atoms with E-state index >= 15 is 0 Å². The van der Waals surface area contributed by atoms with Crippen LogP contribution in [0.25, 0.3) is 90.9 Å². The molecule has 9 rings (SSSR count). The van der Waals surface area contributed by atoms with Gasteiger partial charge in [0.25, 0.3) is 0 Å². The summed E-state index contributed by atoms with van der Waals surface area (Å²) >= 11 is 0. The maximum absolute atomic E-state index is 12.5. The van der Waals surface area contributed by atoms with Crippen LogP contribution in [-0.4, -0.2) is 50.1 Å². The van der Waals surface area contributed by atoms with Crippen molar-refractivity contribution < 1.29 is 19.4 Å². The van der Waals surface area contributed by atoms with Gasteiger partial charge >= 0.3 is 5.97 Å². The lowest BCUT2D eigenvalue weighted by atomic mass is 10.0. The Bertz CT molecular complexity index is 2740. The van der Waals surface area contributed by atoms with E-state index in [0.29, 0.717) is 5.69 Å². The van der Waals surface area contributed by atoms with Gasteiger partial charge in [0.1, 0.15) is 13.2 Å². The van der Waals surface area contributed by atoms with Crippen LogP contribution in [-0.2, 0) is 14.3 Å². The summed E-state index contributed by atoms with van der Waals surface area (Å²) in [5.74, 6) is -1.59. The highest BCUT2D eigenvalue weighted by atomic mass is 16.5. The van der Waals surface area contributed by atoms with Gasteiger partial charge in [-0.05, 0) is 83.0 Å². The molecule has 9 heteroatoms. The number of carboxylic acids is 1. The maximum atomic E-state index is 12.5. The number of carbonyl (C=O) groups is 2. The third-order valence-corrected chi connectivity index (χ3v) is 9.86. The number of benzene rings is 4. The zero-order valence-corrected chi connectivity index (χ0v) is 30.6. The molecule has 2 aliphatic heterocycles. The number of anilines is 1. The zero-order chi connectivity index (χ0) is 38.7. The second-order valence-corrected chi connectivity index (χ2v) is 13.6. The van der Waals surface area contributed by atoms with E-state index < -0.39 is 18.5 Å². The Hall–Kier alpha value is -7.62. The molecule has 276 valence electrons. The van der Waals surface area contributed by atoms with Crippen molar-refractivity contribution in [3.05, 3.63) is 162 Å². The number of hydrogen-bond acceptors (Lipinski definition) is 5. The summed E-state index contributed by atoms with van der Waals surface area (Å²) in [4.78, 5) is 41.5. The molecule has 0 radical (unpaired) electrons. The summed E-state index contributed by atoms with van der Waals surface area (Å²) in [6.07, 6.45) is 8.15. The molecule has 5 heterocycles. The molecule has 0 aliphatic carbocycles. The molecule has 0 saturated heterocycles. The fraction of sp³-hybridized carbons (Fsp3) is 0.0417. The number of nitrogens with zero attached hydrogens (tertiary/aromatic N) is 2. The van der Waals surface area contributed by atoms with Crippen LogP contribution in [0.15, 0.2) is 140 Å². The van der Waals surface area contributed by atoms with Crippen LogP contribution in [0.5, 0.6) is 0 Å². The van der Waals surface area contributed by atoms with Gasteiger partial charge in [0.2, 0.25) is 5.91 Å². The minimum atomic E-state index is -1.14. The third-order valence-electron chi connectivity index (χ3n) is 9.86. The molecule has 1 amide bonds. The van der Waals surface area contributed by atoms with E-state index in [1.165, 1.54) is 0 Å². The first kappa shape index (κ1) is 35.1. The minimum Gasteiger partial charge on any atom is -0.480 e. The van der Waals surface area contributed by atoms with Crippen LogP contribution >= 0.6 is 0 Å². The quantitative estimate of drug-likeness (QED) is 0.116. The SMILES string of the molecule is O=C(O)COCC(=O)Nc1ccc(-c2c3nc(c(-c4ccccc4)c4ccc([nH]4)c(-c4ccccc4)c4ccc([nH]4)c(-c4ccccc4)c4nc2C=C4)C=C3)cc1.